The molecule has 2 N–H and O–H groups in total. The van der Waals surface area contributed by atoms with E-state index in [2.05, 4.69) is 31.4 Å². The van der Waals surface area contributed by atoms with Crippen molar-refractivity contribution in [2.24, 2.45) is 0 Å². The normalized spacial score (nSPS) is 11.8. The van der Waals surface area contributed by atoms with E-state index in [1.807, 2.05) is 25.1 Å². The number of H-pyrrole nitrogens is 1. The number of methoxy groups -OCH3 is 2. The summed E-state index contributed by atoms with van der Waals surface area (Å²) in [6, 6.07) is 5.20. The molecule has 0 radical (unpaired) electrons. The van der Waals surface area contributed by atoms with Crippen molar-refractivity contribution in [1.29, 1.82) is 0 Å². The second kappa shape index (κ2) is 6.62. The Balaban J connectivity index is 2.22. The summed E-state index contributed by atoms with van der Waals surface area (Å²) in [5.74, 6) is 1.14. The lowest BCUT2D eigenvalue weighted by atomic mass is 10.1. The summed E-state index contributed by atoms with van der Waals surface area (Å²) in [4.78, 5) is 12.2. The summed E-state index contributed by atoms with van der Waals surface area (Å²) >= 11 is 3.26. The highest BCUT2D eigenvalue weighted by Crippen LogP contribution is 2.29. The van der Waals surface area contributed by atoms with Crippen LogP contribution in [0.25, 0.3) is 0 Å². The molecule has 1 aromatic heterocycles. The van der Waals surface area contributed by atoms with Gasteiger partial charge in [-0.25, -0.2) is 0 Å². The molecule has 1 amide bonds. The van der Waals surface area contributed by atoms with Gasteiger partial charge >= 0.3 is 0 Å². The van der Waals surface area contributed by atoms with Gasteiger partial charge in [0.1, 0.15) is 17.2 Å². The van der Waals surface area contributed by atoms with E-state index in [0.29, 0.717) is 21.7 Å². The topological polar surface area (TPSA) is 76.2 Å². The largest absolute Gasteiger partial charge is 0.497 e. The third kappa shape index (κ3) is 3.36. The molecule has 1 atom stereocenters. The smallest absolute Gasteiger partial charge is 0.270 e. The van der Waals surface area contributed by atoms with Gasteiger partial charge in [0.2, 0.25) is 0 Å². The van der Waals surface area contributed by atoms with Gasteiger partial charge in [-0.2, -0.15) is 5.10 Å². The number of carbonyl (C=O) groups excluding carboxylic acids is 1. The minimum Gasteiger partial charge on any atom is -0.497 e. The highest BCUT2D eigenvalue weighted by atomic mass is 79.9. The molecule has 2 rings (SSSR count). The molecule has 21 heavy (non-hydrogen) atoms. The molecule has 2 aromatic rings. The molecule has 0 bridgehead atoms. The van der Waals surface area contributed by atoms with Crippen LogP contribution < -0.4 is 14.8 Å². The molecule has 0 spiro atoms. The number of hydrogen-bond acceptors (Lipinski definition) is 4. The van der Waals surface area contributed by atoms with Gasteiger partial charge in [-0.05, 0) is 41.1 Å². The number of rotatable bonds is 5. The van der Waals surface area contributed by atoms with Gasteiger partial charge in [0, 0.05) is 5.56 Å². The first-order chi connectivity index (χ1) is 10.1. The molecule has 0 saturated heterocycles. The van der Waals surface area contributed by atoms with Gasteiger partial charge in [0.25, 0.3) is 5.91 Å². The Kier molecular flexibility index (Phi) is 4.85. The average molecular weight is 354 g/mol. The maximum Gasteiger partial charge on any atom is 0.270 e. The number of aromatic amines is 1. The SMILES string of the molecule is COc1ccc(OC)c(C(C)NC(=O)c2[nH]ncc2Br)c1. The Morgan fingerprint density at radius 1 is 1.38 bits per heavy atom. The Morgan fingerprint density at radius 2 is 2.14 bits per heavy atom. The van der Waals surface area contributed by atoms with Crippen molar-refractivity contribution in [1.82, 2.24) is 15.5 Å². The first-order valence-electron chi connectivity index (χ1n) is 6.28. The van der Waals surface area contributed by atoms with Gasteiger partial charge in [-0.15, -0.1) is 0 Å². The van der Waals surface area contributed by atoms with E-state index in [4.69, 9.17) is 9.47 Å². The fraction of sp³-hybridized carbons (Fsp3) is 0.286. The number of benzene rings is 1. The number of amides is 1. The highest BCUT2D eigenvalue weighted by Gasteiger charge is 2.18. The monoisotopic (exact) mass is 353 g/mol. The van der Waals surface area contributed by atoms with Crippen molar-refractivity contribution >= 4 is 21.8 Å². The zero-order valence-corrected chi connectivity index (χ0v) is 13.5. The molecule has 1 unspecified atom stereocenters. The number of ether oxygens (including phenoxy) is 2. The van der Waals surface area contributed by atoms with Gasteiger partial charge in [0.05, 0.1) is 30.9 Å². The molecule has 1 aromatic carbocycles. The molecule has 0 aliphatic rings. The Bertz CT molecular complexity index is 642. The van der Waals surface area contributed by atoms with E-state index in [-0.39, 0.29) is 11.9 Å². The van der Waals surface area contributed by atoms with Crippen molar-refractivity contribution in [2.75, 3.05) is 14.2 Å². The number of aromatic nitrogens is 2. The number of halogens is 1. The fourth-order valence-electron chi connectivity index (χ4n) is 1.96. The molecular formula is C14H16BrN3O3. The van der Waals surface area contributed by atoms with E-state index < -0.39 is 0 Å². The van der Waals surface area contributed by atoms with E-state index in [0.717, 1.165) is 5.56 Å². The third-order valence-electron chi connectivity index (χ3n) is 3.07. The Labute approximate surface area is 131 Å². The Hall–Kier alpha value is -2.02. The molecule has 0 fully saturated rings. The first kappa shape index (κ1) is 15.4. The van der Waals surface area contributed by atoms with Crippen LogP contribution in [-0.2, 0) is 0 Å². The number of carbonyl (C=O) groups is 1. The maximum atomic E-state index is 12.2. The summed E-state index contributed by atoms with van der Waals surface area (Å²) in [6.45, 7) is 1.87. The standard InChI is InChI=1S/C14H16BrN3O3/c1-8(17-14(19)13-11(15)7-16-18-13)10-6-9(20-2)4-5-12(10)21-3/h4-8H,1-3H3,(H,16,18)(H,17,19). The summed E-state index contributed by atoms with van der Waals surface area (Å²) < 4.78 is 11.2. The Morgan fingerprint density at radius 3 is 2.71 bits per heavy atom. The molecule has 0 aliphatic heterocycles. The van der Waals surface area contributed by atoms with Gasteiger partial charge in [0.15, 0.2) is 0 Å². The van der Waals surface area contributed by atoms with Crippen molar-refractivity contribution in [3.8, 4) is 11.5 Å². The minimum absolute atomic E-state index is 0.252. The second-order valence-electron chi connectivity index (χ2n) is 4.40. The summed E-state index contributed by atoms with van der Waals surface area (Å²) in [5, 5.41) is 9.34. The van der Waals surface area contributed by atoms with Crippen LogP contribution in [0.1, 0.15) is 29.0 Å². The lowest BCUT2D eigenvalue weighted by molar-refractivity contribution is 0.0933. The fourth-order valence-corrected chi connectivity index (χ4v) is 2.33. The zero-order valence-electron chi connectivity index (χ0n) is 11.9. The number of nitrogens with one attached hydrogen (secondary N) is 2. The average Bonchev–Trinajstić information content (AvgIpc) is 2.92. The van der Waals surface area contributed by atoms with E-state index in [1.54, 1.807) is 14.2 Å². The van der Waals surface area contributed by atoms with Crippen LogP contribution in [0.15, 0.2) is 28.9 Å². The molecular weight excluding hydrogens is 338 g/mol. The van der Waals surface area contributed by atoms with E-state index in [1.165, 1.54) is 6.20 Å². The number of hydrogen-bond donors (Lipinski definition) is 2. The summed E-state index contributed by atoms with van der Waals surface area (Å²) in [6.07, 6.45) is 1.53. The van der Waals surface area contributed by atoms with Crippen LogP contribution >= 0.6 is 15.9 Å². The zero-order chi connectivity index (χ0) is 15.4. The first-order valence-corrected chi connectivity index (χ1v) is 7.07. The lowest BCUT2D eigenvalue weighted by Crippen LogP contribution is -2.27. The van der Waals surface area contributed by atoms with Crippen molar-refractivity contribution in [3.05, 3.63) is 40.1 Å². The van der Waals surface area contributed by atoms with Crippen LogP contribution in [0.3, 0.4) is 0 Å². The molecule has 112 valence electrons. The summed E-state index contributed by atoms with van der Waals surface area (Å²) in [7, 11) is 3.18. The van der Waals surface area contributed by atoms with Crippen LogP contribution in [0, 0.1) is 0 Å². The van der Waals surface area contributed by atoms with Gasteiger partial charge < -0.3 is 14.8 Å². The minimum atomic E-state index is -0.253. The predicted octanol–water partition coefficient (Wildman–Crippen LogP) is 2.68. The molecule has 0 saturated carbocycles. The predicted molar refractivity (Wildman–Crippen MR) is 81.7 cm³/mol. The van der Waals surface area contributed by atoms with Crippen LogP contribution in [0.5, 0.6) is 11.5 Å². The van der Waals surface area contributed by atoms with E-state index >= 15 is 0 Å². The summed E-state index contributed by atoms with van der Waals surface area (Å²) in [5.41, 5.74) is 1.21. The molecule has 1 heterocycles. The van der Waals surface area contributed by atoms with Crippen molar-refractivity contribution in [2.45, 2.75) is 13.0 Å². The maximum absolute atomic E-state index is 12.2. The van der Waals surface area contributed by atoms with Crippen molar-refractivity contribution in [3.63, 3.8) is 0 Å². The molecule has 0 aliphatic carbocycles. The van der Waals surface area contributed by atoms with Gasteiger partial charge in [-0.1, -0.05) is 0 Å². The van der Waals surface area contributed by atoms with Crippen LogP contribution in [-0.4, -0.2) is 30.3 Å². The van der Waals surface area contributed by atoms with Crippen LogP contribution in [0.2, 0.25) is 0 Å². The lowest BCUT2D eigenvalue weighted by Gasteiger charge is -2.18. The van der Waals surface area contributed by atoms with Crippen molar-refractivity contribution < 1.29 is 14.3 Å². The van der Waals surface area contributed by atoms with Crippen LogP contribution in [0.4, 0.5) is 0 Å². The quantitative estimate of drug-likeness (QED) is 0.866. The molecule has 6 nitrogen and oxygen atoms in total. The second-order valence-corrected chi connectivity index (χ2v) is 5.25. The third-order valence-corrected chi connectivity index (χ3v) is 3.67. The number of nitrogens with zero attached hydrogens (tertiary/aromatic N) is 1. The highest BCUT2D eigenvalue weighted by molar-refractivity contribution is 9.10. The van der Waals surface area contributed by atoms with E-state index in [9.17, 15) is 4.79 Å². The van der Waals surface area contributed by atoms with Gasteiger partial charge in [-0.3, -0.25) is 9.89 Å². The molecule has 7 heteroatoms.